The first-order chi connectivity index (χ1) is 7.87. The van der Waals surface area contributed by atoms with E-state index in [2.05, 4.69) is 5.43 Å². The molecule has 1 atom stereocenters. The Hall–Kier alpha value is -1.11. The van der Waals surface area contributed by atoms with E-state index in [1.165, 1.54) is 6.26 Å². The van der Waals surface area contributed by atoms with Gasteiger partial charge >= 0.3 is 0 Å². The molecule has 17 heavy (non-hydrogen) atoms. The minimum absolute atomic E-state index is 0.0311. The fourth-order valence-electron chi connectivity index (χ4n) is 1.70. The summed E-state index contributed by atoms with van der Waals surface area (Å²) in [6.45, 7) is 1.89. The third kappa shape index (κ3) is 3.99. The number of ether oxygens (including phenoxy) is 1. The lowest BCUT2D eigenvalue weighted by Crippen LogP contribution is -2.33. The first-order valence-electron chi connectivity index (χ1n) is 5.15. The molecular weight excluding hydrogens is 240 g/mol. The summed E-state index contributed by atoms with van der Waals surface area (Å²) in [5.74, 6) is 6.11. The molecule has 5 nitrogen and oxygen atoms in total. The Kier molecular flexibility index (Phi) is 4.50. The lowest BCUT2D eigenvalue weighted by molar-refractivity contribution is 0.414. The Morgan fingerprint density at radius 1 is 1.47 bits per heavy atom. The van der Waals surface area contributed by atoms with Gasteiger partial charge in [0.1, 0.15) is 15.6 Å². The number of aryl methyl sites for hydroxylation is 1. The van der Waals surface area contributed by atoms with Crippen LogP contribution in [0.3, 0.4) is 0 Å². The van der Waals surface area contributed by atoms with Gasteiger partial charge in [0.15, 0.2) is 0 Å². The average molecular weight is 258 g/mol. The van der Waals surface area contributed by atoms with Crippen molar-refractivity contribution < 1.29 is 13.2 Å². The van der Waals surface area contributed by atoms with Gasteiger partial charge in [0.05, 0.1) is 18.9 Å². The van der Waals surface area contributed by atoms with Crippen LogP contribution in [0.2, 0.25) is 0 Å². The van der Waals surface area contributed by atoms with Gasteiger partial charge in [-0.15, -0.1) is 0 Å². The monoisotopic (exact) mass is 258 g/mol. The third-order valence-corrected chi connectivity index (χ3v) is 3.46. The molecule has 0 aliphatic heterocycles. The van der Waals surface area contributed by atoms with Gasteiger partial charge in [-0.2, -0.15) is 0 Å². The highest BCUT2D eigenvalue weighted by atomic mass is 32.2. The highest BCUT2D eigenvalue weighted by molar-refractivity contribution is 7.90. The second-order valence-electron chi connectivity index (χ2n) is 4.03. The minimum Gasteiger partial charge on any atom is -0.497 e. The molecule has 0 aromatic heterocycles. The maximum atomic E-state index is 11.3. The van der Waals surface area contributed by atoms with Crippen molar-refractivity contribution in [1.29, 1.82) is 0 Å². The van der Waals surface area contributed by atoms with Crippen molar-refractivity contribution in [2.45, 2.75) is 13.0 Å². The topological polar surface area (TPSA) is 81.4 Å². The van der Waals surface area contributed by atoms with Gasteiger partial charge < -0.3 is 4.74 Å². The average Bonchev–Trinajstić information content (AvgIpc) is 2.24. The van der Waals surface area contributed by atoms with Crippen molar-refractivity contribution in [2.75, 3.05) is 19.1 Å². The lowest BCUT2D eigenvalue weighted by atomic mass is 10.0. The standard InChI is InChI=1S/C11H18N2O3S/c1-8-6-9(16-2)4-5-10(8)11(13-12)7-17(3,14)15/h4-6,11,13H,7,12H2,1-3H3. The van der Waals surface area contributed by atoms with Crippen LogP contribution in [-0.4, -0.2) is 27.5 Å². The second-order valence-corrected chi connectivity index (χ2v) is 6.22. The van der Waals surface area contributed by atoms with E-state index in [0.717, 1.165) is 16.9 Å². The van der Waals surface area contributed by atoms with E-state index in [4.69, 9.17) is 10.6 Å². The molecule has 0 saturated heterocycles. The van der Waals surface area contributed by atoms with Gasteiger partial charge in [-0.3, -0.25) is 11.3 Å². The van der Waals surface area contributed by atoms with E-state index in [9.17, 15) is 8.42 Å². The summed E-state index contributed by atoms with van der Waals surface area (Å²) in [7, 11) is -1.50. The van der Waals surface area contributed by atoms with Crippen LogP contribution in [-0.2, 0) is 9.84 Å². The van der Waals surface area contributed by atoms with Gasteiger partial charge in [0, 0.05) is 6.26 Å². The predicted octanol–water partition coefficient (Wildman–Crippen LogP) is 0.553. The molecule has 0 amide bonds. The summed E-state index contributed by atoms with van der Waals surface area (Å²) in [5.41, 5.74) is 4.33. The lowest BCUT2D eigenvalue weighted by Gasteiger charge is -2.18. The van der Waals surface area contributed by atoms with Crippen molar-refractivity contribution in [2.24, 2.45) is 5.84 Å². The van der Waals surface area contributed by atoms with Crippen LogP contribution in [0.15, 0.2) is 18.2 Å². The van der Waals surface area contributed by atoms with E-state index >= 15 is 0 Å². The third-order valence-electron chi connectivity index (χ3n) is 2.52. The largest absolute Gasteiger partial charge is 0.497 e. The number of sulfone groups is 1. The number of methoxy groups -OCH3 is 1. The van der Waals surface area contributed by atoms with Crippen molar-refractivity contribution in [3.8, 4) is 5.75 Å². The molecule has 0 radical (unpaired) electrons. The van der Waals surface area contributed by atoms with E-state index < -0.39 is 15.9 Å². The van der Waals surface area contributed by atoms with Crippen molar-refractivity contribution in [1.82, 2.24) is 5.43 Å². The number of hydrogen-bond acceptors (Lipinski definition) is 5. The molecule has 0 spiro atoms. The molecule has 1 rings (SSSR count). The first kappa shape index (κ1) is 14.0. The fourth-order valence-corrected chi connectivity index (χ4v) is 2.58. The molecule has 0 bridgehead atoms. The quantitative estimate of drug-likeness (QED) is 0.595. The van der Waals surface area contributed by atoms with Crippen molar-refractivity contribution >= 4 is 9.84 Å². The van der Waals surface area contributed by atoms with Crippen LogP contribution in [0.1, 0.15) is 17.2 Å². The number of hydrogen-bond donors (Lipinski definition) is 2. The van der Waals surface area contributed by atoms with E-state index in [0.29, 0.717) is 0 Å². The summed E-state index contributed by atoms with van der Waals surface area (Å²) in [6.07, 6.45) is 1.19. The summed E-state index contributed by atoms with van der Waals surface area (Å²) in [5, 5.41) is 0. The molecule has 0 aliphatic carbocycles. The molecule has 0 heterocycles. The molecule has 1 unspecified atom stereocenters. The van der Waals surface area contributed by atoms with E-state index in [-0.39, 0.29) is 5.75 Å². The van der Waals surface area contributed by atoms with Crippen LogP contribution in [0.4, 0.5) is 0 Å². The van der Waals surface area contributed by atoms with Gasteiger partial charge in [0.2, 0.25) is 0 Å². The molecule has 3 N–H and O–H groups in total. The van der Waals surface area contributed by atoms with E-state index in [1.54, 1.807) is 13.2 Å². The fraction of sp³-hybridized carbons (Fsp3) is 0.455. The maximum absolute atomic E-state index is 11.3. The highest BCUT2D eigenvalue weighted by Crippen LogP contribution is 2.23. The zero-order chi connectivity index (χ0) is 13.1. The van der Waals surface area contributed by atoms with Crippen LogP contribution in [0, 0.1) is 6.92 Å². The summed E-state index contributed by atoms with van der Waals surface area (Å²) in [6, 6.07) is 5.05. The van der Waals surface area contributed by atoms with Crippen LogP contribution in [0.5, 0.6) is 5.75 Å². The van der Waals surface area contributed by atoms with E-state index in [1.807, 2.05) is 19.1 Å². The van der Waals surface area contributed by atoms with Crippen LogP contribution >= 0.6 is 0 Å². The molecule has 1 aromatic rings. The summed E-state index contributed by atoms with van der Waals surface area (Å²) >= 11 is 0. The molecule has 0 aliphatic rings. The number of hydrazine groups is 1. The van der Waals surface area contributed by atoms with Gasteiger partial charge in [-0.25, -0.2) is 8.42 Å². The minimum atomic E-state index is -3.09. The molecule has 96 valence electrons. The number of nitrogens with one attached hydrogen (secondary N) is 1. The Bertz CT molecular complexity index is 485. The summed E-state index contributed by atoms with van der Waals surface area (Å²) < 4.78 is 27.7. The molecule has 0 fully saturated rings. The van der Waals surface area contributed by atoms with Gasteiger partial charge in [-0.1, -0.05) is 6.07 Å². The first-order valence-corrected chi connectivity index (χ1v) is 7.22. The number of rotatable bonds is 5. The number of nitrogens with two attached hydrogens (primary N) is 1. The van der Waals surface area contributed by atoms with Gasteiger partial charge in [0.25, 0.3) is 0 Å². The molecule has 1 aromatic carbocycles. The zero-order valence-electron chi connectivity index (χ0n) is 10.2. The normalized spacial score (nSPS) is 13.4. The second kappa shape index (κ2) is 5.48. The zero-order valence-corrected chi connectivity index (χ0v) is 11.0. The van der Waals surface area contributed by atoms with Crippen molar-refractivity contribution in [3.05, 3.63) is 29.3 Å². The Labute approximate surface area is 102 Å². The molecule has 6 heteroatoms. The maximum Gasteiger partial charge on any atom is 0.149 e. The SMILES string of the molecule is COc1ccc(C(CS(C)(=O)=O)NN)c(C)c1. The van der Waals surface area contributed by atoms with Crippen molar-refractivity contribution in [3.63, 3.8) is 0 Å². The smallest absolute Gasteiger partial charge is 0.149 e. The Balaban J connectivity index is 3.04. The molecule has 0 saturated carbocycles. The van der Waals surface area contributed by atoms with Gasteiger partial charge in [-0.05, 0) is 30.2 Å². The number of benzene rings is 1. The highest BCUT2D eigenvalue weighted by Gasteiger charge is 2.17. The Morgan fingerprint density at radius 2 is 2.12 bits per heavy atom. The molecular formula is C11H18N2O3S. The van der Waals surface area contributed by atoms with Crippen LogP contribution < -0.4 is 16.0 Å². The Morgan fingerprint density at radius 3 is 2.53 bits per heavy atom. The summed E-state index contributed by atoms with van der Waals surface area (Å²) in [4.78, 5) is 0. The van der Waals surface area contributed by atoms with Crippen LogP contribution in [0.25, 0.3) is 0 Å². The predicted molar refractivity (Wildman–Crippen MR) is 67.5 cm³/mol.